The second-order valence-corrected chi connectivity index (χ2v) is 7.17. The van der Waals surface area contributed by atoms with E-state index in [0.29, 0.717) is 27.3 Å². The normalized spacial score (nSPS) is 11.4. The molecule has 4 nitrogen and oxygen atoms in total. The summed E-state index contributed by atoms with van der Waals surface area (Å²) >= 11 is 9.04. The van der Waals surface area contributed by atoms with E-state index in [4.69, 9.17) is 16.7 Å². The summed E-state index contributed by atoms with van der Waals surface area (Å²) in [5.41, 5.74) is 1.32. The van der Waals surface area contributed by atoms with E-state index in [9.17, 15) is 12.8 Å². The van der Waals surface area contributed by atoms with Gasteiger partial charge in [0.1, 0.15) is 5.82 Å². The van der Waals surface area contributed by atoms with Gasteiger partial charge in [-0.25, -0.2) is 17.9 Å². The molecule has 0 unspecified atom stereocenters. The van der Waals surface area contributed by atoms with Crippen LogP contribution in [-0.4, -0.2) is 8.42 Å². The van der Waals surface area contributed by atoms with Gasteiger partial charge in [0.25, 0.3) is 0 Å². The molecular weight excluding hydrogens is 383 g/mol. The molecule has 3 N–H and O–H groups in total. The third kappa shape index (κ3) is 4.41. The molecule has 0 saturated heterocycles. The Bertz CT molecular complexity index is 763. The molecule has 0 aliphatic carbocycles. The number of primary sulfonamides is 1. The largest absolute Gasteiger partial charge is 0.380 e. The molecule has 0 heterocycles. The Morgan fingerprint density at radius 2 is 1.95 bits per heavy atom. The minimum absolute atomic E-state index is 0.00808. The van der Waals surface area contributed by atoms with Gasteiger partial charge >= 0.3 is 0 Å². The first-order chi connectivity index (χ1) is 9.75. The van der Waals surface area contributed by atoms with Crippen LogP contribution in [0.15, 0.2) is 45.8 Å². The summed E-state index contributed by atoms with van der Waals surface area (Å²) in [5.74, 6) is -0.414. The van der Waals surface area contributed by atoms with E-state index in [0.717, 1.165) is 0 Å². The molecule has 0 aromatic heterocycles. The number of halogens is 3. The van der Waals surface area contributed by atoms with Crippen molar-refractivity contribution >= 4 is 43.2 Å². The third-order valence-corrected chi connectivity index (χ3v) is 4.46. The molecule has 0 spiro atoms. The quantitative estimate of drug-likeness (QED) is 0.835. The monoisotopic (exact) mass is 392 g/mol. The maximum absolute atomic E-state index is 13.2. The van der Waals surface area contributed by atoms with E-state index in [1.807, 2.05) is 0 Å². The lowest BCUT2D eigenvalue weighted by Crippen LogP contribution is -2.12. The first-order valence-corrected chi connectivity index (χ1v) is 8.48. The topological polar surface area (TPSA) is 72.2 Å². The molecule has 0 aliphatic rings. The van der Waals surface area contributed by atoms with E-state index in [2.05, 4.69) is 21.2 Å². The molecule has 112 valence electrons. The van der Waals surface area contributed by atoms with Gasteiger partial charge in [-0.3, -0.25) is 0 Å². The van der Waals surface area contributed by atoms with Gasteiger partial charge in [0, 0.05) is 21.7 Å². The summed E-state index contributed by atoms with van der Waals surface area (Å²) in [7, 11) is -3.75. The predicted molar refractivity (Wildman–Crippen MR) is 84.3 cm³/mol. The van der Waals surface area contributed by atoms with Crippen molar-refractivity contribution in [3.05, 3.63) is 57.3 Å². The highest BCUT2D eigenvalue weighted by molar-refractivity contribution is 9.10. The van der Waals surface area contributed by atoms with Crippen LogP contribution in [0.2, 0.25) is 5.02 Å². The van der Waals surface area contributed by atoms with Gasteiger partial charge in [0.15, 0.2) is 0 Å². The van der Waals surface area contributed by atoms with Crippen LogP contribution in [0, 0.1) is 5.82 Å². The van der Waals surface area contributed by atoms with Gasteiger partial charge in [0.2, 0.25) is 10.0 Å². The second kappa shape index (κ2) is 6.31. The molecule has 0 radical (unpaired) electrons. The first kappa shape index (κ1) is 16.2. The highest BCUT2D eigenvalue weighted by Gasteiger charge is 2.10. The van der Waals surface area contributed by atoms with Crippen LogP contribution in [0.1, 0.15) is 5.56 Å². The van der Waals surface area contributed by atoms with Gasteiger partial charge in [-0.1, -0.05) is 11.6 Å². The summed E-state index contributed by atoms with van der Waals surface area (Å²) < 4.78 is 36.2. The van der Waals surface area contributed by atoms with Gasteiger partial charge in [0.05, 0.1) is 4.90 Å². The molecule has 21 heavy (non-hydrogen) atoms. The molecule has 2 aromatic rings. The standard InChI is InChI=1S/C13H11BrClFN2O2S/c14-12-6-11(21(17,19)20)1-2-13(12)18-7-8-3-9(15)5-10(16)4-8/h1-6,18H,7H2,(H2,17,19,20). The fraction of sp³-hybridized carbons (Fsp3) is 0.0769. The average molecular weight is 394 g/mol. The number of anilines is 1. The van der Waals surface area contributed by atoms with Crippen molar-refractivity contribution in [1.82, 2.24) is 0 Å². The summed E-state index contributed by atoms with van der Waals surface area (Å²) in [6.45, 7) is 0.338. The zero-order valence-electron chi connectivity index (χ0n) is 10.6. The number of hydrogen-bond acceptors (Lipinski definition) is 3. The number of benzene rings is 2. The smallest absolute Gasteiger partial charge is 0.238 e. The number of sulfonamides is 1. The number of nitrogens with one attached hydrogen (secondary N) is 1. The Labute approximate surface area is 135 Å². The zero-order valence-corrected chi connectivity index (χ0v) is 13.8. The highest BCUT2D eigenvalue weighted by Crippen LogP contribution is 2.26. The molecule has 0 amide bonds. The molecule has 8 heteroatoms. The number of rotatable bonds is 4. The van der Waals surface area contributed by atoms with Crippen LogP contribution in [0.25, 0.3) is 0 Å². The number of hydrogen-bond donors (Lipinski definition) is 2. The summed E-state index contributed by atoms with van der Waals surface area (Å²) in [5, 5.41) is 8.42. The Hall–Kier alpha value is -1.15. The fourth-order valence-electron chi connectivity index (χ4n) is 1.73. The van der Waals surface area contributed by atoms with Crippen molar-refractivity contribution in [1.29, 1.82) is 0 Å². The molecule has 0 fully saturated rings. The van der Waals surface area contributed by atoms with Crippen molar-refractivity contribution in [3.63, 3.8) is 0 Å². The van der Waals surface area contributed by atoms with Crippen LogP contribution in [0.5, 0.6) is 0 Å². The van der Waals surface area contributed by atoms with E-state index in [1.165, 1.54) is 24.3 Å². The molecular formula is C13H11BrClFN2O2S. The summed E-state index contributed by atoms with van der Waals surface area (Å²) in [4.78, 5) is 0.00808. The Morgan fingerprint density at radius 3 is 2.52 bits per heavy atom. The second-order valence-electron chi connectivity index (χ2n) is 4.32. The Balaban J connectivity index is 2.17. The van der Waals surface area contributed by atoms with Gasteiger partial charge in [-0.15, -0.1) is 0 Å². The number of nitrogens with two attached hydrogens (primary N) is 1. The SMILES string of the molecule is NS(=O)(=O)c1ccc(NCc2cc(F)cc(Cl)c2)c(Br)c1. The minimum Gasteiger partial charge on any atom is -0.380 e. The van der Waals surface area contributed by atoms with Crippen LogP contribution in [0.3, 0.4) is 0 Å². The lowest BCUT2D eigenvalue weighted by atomic mass is 10.2. The van der Waals surface area contributed by atoms with Crippen molar-refractivity contribution in [2.45, 2.75) is 11.4 Å². The molecule has 0 aliphatic heterocycles. The van der Waals surface area contributed by atoms with Crippen LogP contribution < -0.4 is 10.5 Å². The van der Waals surface area contributed by atoms with Crippen LogP contribution in [0.4, 0.5) is 10.1 Å². The summed E-state index contributed by atoms with van der Waals surface area (Å²) in [6, 6.07) is 8.60. The summed E-state index contributed by atoms with van der Waals surface area (Å²) in [6.07, 6.45) is 0. The maximum atomic E-state index is 13.2. The van der Waals surface area contributed by atoms with E-state index in [1.54, 1.807) is 12.1 Å². The van der Waals surface area contributed by atoms with Crippen LogP contribution in [-0.2, 0) is 16.6 Å². The van der Waals surface area contributed by atoms with Crippen LogP contribution >= 0.6 is 27.5 Å². The zero-order chi connectivity index (χ0) is 15.6. The van der Waals surface area contributed by atoms with Crippen molar-refractivity contribution in [3.8, 4) is 0 Å². The lowest BCUT2D eigenvalue weighted by molar-refractivity contribution is 0.597. The van der Waals surface area contributed by atoms with Gasteiger partial charge < -0.3 is 5.32 Å². The van der Waals surface area contributed by atoms with Gasteiger partial charge in [-0.05, 0) is 57.9 Å². The lowest BCUT2D eigenvalue weighted by Gasteiger charge is -2.10. The minimum atomic E-state index is -3.75. The fourth-order valence-corrected chi connectivity index (χ4v) is 3.18. The predicted octanol–water partition coefficient (Wildman–Crippen LogP) is 3.50. The van der Waals surface area contributed by atoms with E-state index >= 15 is 0 Å². The van der Waals surface area contributed by atoms with Crippen molar-refractivity contribution in [2.75, 3.05) is 5.32 Å². The first-order valence-electron chi connectivity index (χ1n) is 5.77. The molecule has 0 bridgehead atoms. The molecule has 0 saturated carbocycles. The average Bonchev–Trinajstić information content (AvgIpc) is 2.35. The Morgan fingerprint density at radius 1 is 1.24 bits per heavy atom. The van der Waals surface area contributed by atoms with Crippen molar-refractivity contribution < 1.29 is 12.8 Å². The molecule has 0 atom stereocenters. The Kier molecular flexibility index (Phi) is 4.88. The van der Waals surface area contributed by atoms with Crippen molar-refractivity contribution in [2.24, 2.45) is 5.14 Å². The maximum Gasteiger partial charge on any atom is 0.238 e. The van der Waals surface area contributed by atoms with E-state index in [-0.39, 0.29) is 4.90 Å². The van der Waals surface area contributed by atoms with E-state index < -0.39 is 15.8 Å². The third-order valence-electron chi connectivity index (χ3n) is 2.67. The molecule has 2 aromatic carbocycles. The van der Waals surface area contributed by atoms with Gasteiger partial charge in [-0.2, -0.15) is 0 Å². The highest BCUT2D eigenvalue weighted by atomic mass is 79.9. The molecule has 2 rings (SSSR count).